The number of hydrogen-bond acceptors (Lipinski definition) is 8. The van der Waals surface area contributed by atoms with Crippen LogP contribution in [0.4, 0.5) is 17.3 Å². The zero-order chi connectivity index (χ0) is 19.1. The lowest BCUT2D eigenvalue weighted by atomic mass is 10.2. The topological polar surface area (TPSA) is 115 Å². The smallest absolute Gasteiger partial charge is 0.353 e. The summed E-state index contributed by atoms with van der Waals surface area (Å²) < 4.78 is 5.12. The maximum atomic E-state index is 11.6. The fraction of sp³-hybridized carbons (Fsp3) is 0.167. The molecule has 0 bridgehead atoms. The van der Waals surface area contributed by atoms with E-state index < -0.39 is 4.92 Å². The second-order valence-corrected chi connectivity index (χ2v) is 5.59. The van der Waals surface area contributed by atoms with Gasteiger partial charge >= 0.3 is 5.69 Å². The molecule has 0 aliphatic rings. The summed E-state index contributed by atoms with van der Waals surface area (Å²) in [6.45, 7) is 0.744. The van der Waals surface area contributed by atoms with Crippen molar-refractivity contribution in [2.24, 2.45) is 0 Å². The first-order valence-electron chi connectivity index (χ1n) is 8.16. The van der Waals surface area contributed by atoms with Crippen molar-refractivity contribution in [3.05, 3.63) is 76.4 Å². The van der Waals surface area contributed by atoms with E-state index in [1.54, 1.807) is 25.6 Å². The van der Waals surface area contributed by atoms with Gasteiger partial charge in [0, 0.05) is 25.5 Å². The van der Waals surface area contributed by atoms with Crippen LogP contribution in [0.5, 0.6) is 5.75 Å². The summed E-state index contributed by atoms with van der Waals surface area (Å²) in [5.74, 6) is 1.05. The third-order valence-corrected chi connectivity index (χ3v) is 3.81. The van der Waals surface area contributed by atoms with E-state index in [0.29, 0.717) is 13.1 Å². The summed E-state index contributed by atoms with van der Waals surface area (Å²) in [7, 11) is 1.59. The minimum atomic E-state index is -0.498. The van der Waals surface area contributed by atoms with Crippen LogP contribution in [0.25, 0.3) is 0 Å². The van der Waals surface area contributed by atoms with E-state index in [9.17, 15) is 10.1 Å². The van der Waals surface area contributed by atoms with E-state index >= 15 is 0 Å². The molecule has 138 valence electrons. The highest BCUT2D eigenvalue weighted by Crippen LogP contribution is 2.29. The van der Waals surface area contributed by atoms with Crippen LogP contribution >= 0.6 is 0 Å². The molecule has 0 spiro atoms. The standard InChI is InChI=1S/C18H18N6O3/c1-27-15-6-4-13(5-7-15)10-20-17-16(24(25)26)18(23-12-22-17)21-11-14-3-2-8-19-9-14/h2-9,12H,10-11H2,1H3,(H2,20,21,22,23). The summed E-state index contributed by atoms with van der Waals surface area (Å²) in [4.78, 5) is 23.1. The van der Waals surface area contributed by atoms with Gasteiger partial charge in [0.2, 0.25) is 11.6 Å². The number of nitrogens with one attached hydrogen (secondary N) is 2. The number of aromatic nitrogens is 3. The molecule has 0 saturated carbocycles. The predicted octanol–water partition coefficient (Wildman–Crippen LogP) is 3.01. The Hall–Kier alpha value is -3.75. The predicted molar refractivity (Wildman–Crippen MR) is 101 cm³/mol. The first-order chi connectivity index (χ1) is 13.2. The highest BCUT2D eigenvalue weighted by Gasteiger charge is 2.22. The molecule has 0 aliphatic heterocycles. The van der Waals surface area contributed by atoms with Crippen LogP contribution in [-0.4, -0.2) is 27.0 Å². The number of pyridine rings is 1. The number of nitro groups is 1. The van der Waals surface area contributed by atoms with Crippen molar-refractivity contribution in [2.75, 3.05) is 17.7 Å². The molecule has 0 saturated heterocycles. The van der Waals surface area contributed by atoms with Gasteiger partial charge in [-0.2, -0.15) is 0 Å². The zero-order valence-corrected chi connectivity index (χ0v) is 14.6. The monoisotopic (exact) mass is 366 g/mol. The molecule has 1 aromatic carbocycles. The van der Waals surface area contributed by atoms with Gasteiger partial charge in [-0.1, -0.05) is 18.2 Å². The number of anilines is 2. The first kappa shape index (κ1) is 18.1. The lowest BCUT2D eigenvalue weighted by molar-refractivity contribution is -0.383. The van der Waals surface area contributed by atoms with Crippen LogP contribution in [0, 0.1) is 10.1 Å². The molecule has 0 radical (unpaired) electrons. The molecule has 0 unspecified atom stereocenters. The van der Waals surface area contributed by atoms with Gasteiger partial charge in [0.05, 0.1) is 12.0 Å². The number of rotatable bonds is 8. The van der Waals surface area contributed by atoms with Crippen molar-refractivity contribution in [2.45, 2.75) is 13.1 Å². The molecule has 0 fully saturated rings. The van der Waals surface area contributed by atoms with Gasteiger partial charge < -0.3 is 15.4 Å². The molecule has 0 atom stereocenters. The summed E-state index contributed by atoms with van der Waals surface area (Å²) in [6, 6.07) is 11.1. The maximum absolute atomic E-state index is 11.6. The quantitative estimate of drug-likeness (QED) is 0.462. The summed E-state index contributed by atoms with van der Waals surface area (Å²) in [5.41, 5.74) is 1.63. The van der Waals surface area contributed by atoms with Gasteiger partial charge in [-0.25, -0.2) is 9.97 Å². The Morgan fingerprint density at radius 1 is 1.04 bits per heavy atom. The normalized spacial score (nSPS) is 10.3. The van der Waals surface area contributed by atoms with E-state index in [1.807, 2.05) is 30.3 Å². The van der Waals surface area contributed by atoms with Crippen molar-refractivity contribution in [1.82, 2.24) is 15.0 Å². The Morgan fingerprint density at radius 3 is 2.26 bits per heavy atom. The van der Waals surface area contributed by atoms with Gasteiger partial charge in [0.15, 0.2) is 0 Å². The third-order valence-electron chi connectivity index (χ3n) is 3.81. The van der Waals surface area contributed by atoms with Gasteiger partial charge in [0.1, 0.15) is 12.1 Å². The number of hydrogen-bond donors (Lipinski definition) is 2. The summed E-state index contributed by atoms with van der Waals surface area (Å²) in [6.07, 6.45) is 4.63. The highest BCUT2D eigenvalue weighted by atomic mass is 16.6. The Kier molecular flexibility index (Phi) is 5.73. The average molecular weight is 366 g/mol. The van der Waals surface area contributed by atoms with Crippen molar-refractivity contribution in [1.29, 1.82) is 0 Å². The molecule has 27 heavy (non-hydrogen) atoms. The summed E-state index contributed by atoms with van der Waals surface area (Å²) in [5, 5.41) is 17.5. The second-order valence-electron chi connectivity index (χ2n) is 5.59. The van der Waals surface area contributed by atoms with E-state index in [4.69, 9.17) is 4.74 Å². The first-order valence-corrected chi connectivity index (χ1v) is 8.16. The Bertz CT molecular complexity index is 903. The van der Waals surface area contributed by atoms with E-state index in [1.165, 1.54) is 6.33 Å². The van der Waals surface area contributed by atoms with Gasteiger partial charge in [-0.05, 0) is 29.3 Å². The Morgan fingerprint density at radius 2 is 1.70 bits per heavy atom. The fourth-order valence-electron chi connectivity index (χ4n) is 2.43. The third kappa shape index (κ3) is 4.66. The number of methoxy groups -OCH3 is 1. The molecular formula is C18H18N6O3. The number of ether oxygens (including phenoxy) is 1. The Balaban J connectivity index is 1.75. The van der Waals surface area contributed by atoms with Crippen molar-refractivity contribution >= 4 is 17.3 Å². The molecule has 2 aromatic heterocycles. The molecule has 0 aliphatic carbocycles. The van der Waals surface area contributed by atoms with E-state index in [2.05, 4.69) is 25.6 Å². The molecule has 3 aromatic rings. The van der Waals surface area contributed by atoms with Crippen LogP contribution in [0.2, 0.25) is 0 Å². The van der Waals surface area contributed by atoms with Crippen LogP contribution in [0.1, 0.15) is 11.1 Å². The van der Waals surface area contributed by atoms with Gasteiger partial charge in [-0.15, -0.1) is 0 Å². The van der Waals surface area contributed by atoms with Crippen LogP contribution in [0.3, 0.4) is 0 Å². The molecule has 0 amide bonds. The minimum Gasteiger partial charge on any atom is -0.497 e. The molecule has 9 heteroatoms. The van der Waals surface area contributed by atoms with Crippen molar-refractivity contribution in [3.63, 3.8) is 0 Å². The molecular weight excluding hydrogens is 348 g/mol. The van der Waals surface area contributed by atoms with Crippen LogP contribution in [0.15, 0.2) is 55.1 Å². The largest absolute Gasteiger partial charge is 0.497 e. The molecule has 9 nitrogen and oxygen atoms in total. The summed E-state index contributed by atoms with van der Waals surface area (Å²) >= 11 is 0. The van der Waals surface area contributed by atoms with Crippen molar-refractivity contribution < 1.29 is 9.66 Å². The lowest BCUT2D eigenvalue weighted by Crippen LogP contribution is -2.10. The zero-order valence-electron chi connectivity index (χ0n) is 14.6. The van der Waals surface area contributed by atoms with Crippen LogP contribution < -0.4 is 15.4 Å². The van der Waals surface area contributed by atoms with E-state index in [-0.39, 0.29) is 17.3 Å². The van der Waals surface area contributed by atoms with Gasteiger partial charge in [0.25, 0.3) is 0 Å². The highest BCUT2D eigenvalue weighted by molar-refractivity contribution is 5.69. The fourth-order valence-corrected chi connectivity index (χ4v) is 2.43. The van der Waals surface area contributed by atoms with Gasteiger partial charge in [-0.3, -0.25) is 15.1 Å². The molecule has 2 heterocycles. The maximum Gasteiger partial charge on any atom is 0.353 e. The van der Waals surface area contributed by atoms with E-state index in [0.717, 1.165) is 16.9 Å². The SMILES string of the molecule is COc1ccc(CNc2ncnc(NCc3cccnc3)c2[N+](=O)[O-])cc1. The number of benzene rings is 1. The average Bonchev–Trinajstić information content (AvgIpc) is 2.71. The molecule has 3 rings (SSSR count). The van der Waals surface area contributed by atoms with Crippen molar-refractivity contribution in [3.8, 4) is 5.75 Å². The lowest BCUT2D eigenvalue weighted by Gasteiger charge is -2.10. The van der Waals surface area contributed by atoms with Crippen LogP contribution in [-0.2, 0) is 13.1 Å². The number of nitrogens with zero attached hydrogens (tertiary/aromatic N) is 4. The minimum absolute atomic E-state index is 0.149. The molecule has 2 N–H and O–H groups in total. The Labute approximate surface area is 155 Å². The second kappa shape index (κ2) is 8.56.